The van der Waals surface area contributed by atoms with E-state index >= 15 is 0 Å². The monoisotopic (exact) mass is 324 g/mol. The third-order valence-electron chi connectivity index (χ3n) is 5.67. The fourth-order valence-corrected chi connectivity index (χ4v) is 4.54. The van der Waals surface area contributed by atoms with Crippen LogP contribution in [0, 0.1) is 5.92 Å². The van der Waals surface area contributed by atoms with Crippen LogP contribution in [0.3, 0.4) is 0 Å². The summed E-state index contributed by atoms with van der Waals surface area (Å²) in [5, 5.41) is 0. The predicted molar refractivity (Wildman–Crippen MR) is 89.2 cm³/mol. The standard InChI is InChI=1S/C20H20O4/c1-3-13-11(2)20(12-4-5-16-17(6-12)22-9-21-16)15-8-19-18(7-14(13)15)23-10-24-19/h4-8,11,13,20H,3,9-10H2,1-2H3. The van der Waals surface area contributed by atoms with E-state index in [1.807, 2.05) is 6.07 Å². The number of hydrogen-bond donors (Lipinski definition) is 0. The number of benzene rings is 2. The molecule has 3 aliphatic rings. The highest BCUT2D eigenvalue weighted by Gasteiger charge is 2.40. The van der Waals surface area contributed by atoms with Gasteiger partial charge >= 0.3 is 0 Å². The molecule has 2 aromatic carbocycles. The van der Waals surface area contributed by atoms with Crippen molar-refractivity contribution in [3.05, 3.63) is 47.0 Å². The summed E-state index contributed by atoms with van der Waals surface area (Å²) in [5.74, 6) is 4.82. The SMILES string of the molecule is CCC1c2cc3c(cc2C(c2ccc4c(c2)OCO4)C1C)OCO3. The van der Waals surface area contributed by atoms with Crippen LogP contribution in [-0.2, 0) is 0 Å². The van der Waals surface area contributed by atoms with E-state index in [2.05, 4.69) is 38.1 Å². The summed E-state index contributed by atoms with van der Waals surface area (Å²) < 4.78 is 22.3. The fourth-order valence-electron chi connectivity index (χ4n) is 4.54. The van der Waals surface area contributed by atoms with Crippen molar-refractivity contribution < 1.29 is 18.9 Å². The van der Waals surface area contributed by atoms with Crippen LogP contribution in [-0.4, -0.2) is 13.6 Å². The average molecular weight is 324 g/mol. The minimum absolute atomic E-state index is 0.311. The minimum atomic E-state index is 0.311. The molecule has 4 nitrogen and oxygen atoms in total. The van der Waals surface area contributed by atoms with Gasteiger partial charge in [-0.05, 0) is 59.2 Å². The van der Waals surface area contributed by atoms with E-state index in [-0.39, 0.29) is 0 Å². The van der Waals surface area contributed by atoms with Crippen LogP contribution in [0.2, 0.25) is 0 Å². The molecule has 0 fully saturated rings. The van der Waals surface area contributed by atoms with E-state index in [9.17, 15) is 0 Å². The number of rotatable bonds is 2. The fraction of sp³-hybridized carbons (Fsp3) is 0.400. The first-order chi connectivity index (χ1) is 11.8. The molecule has 0 saturated carbocycles. The maximum atomic E-state index is 5.62. The van der Waals surface area contributed by atoms with Gasteiger partial charge in [-0.3, -0.25) is 0 Å². The van der Waals surface area contributed by atoms with E-state index in [0.717, 1.165) is 29.4 Å². The lowest BCUT2D eigenvalue weighted by Gasteiger charge is -2.21. The molecule has 2 aliphatic heterocycles. The second-order valence-corrected chi connectivity index (χ2v) is 6.80. The van der Waals surface area contributed by atoms with Gasteiger partial charge in [-0.2, -0.15) is 0 Å². The van der Waals surface area contributed by atoms with Crippen molar-refractivity contribution in [1.29, 1.82) is 0 Å². The van der Waals surface area contributed by atoms with E-state index in [1.165, 1.54) is 16.7 Å². The highest BCUT2D eigenvalue weighted by molar-refractivity contribution is 5.57. The Balaban J connectivity index is 1.65. The number of ether oxygens (including phenoxy) is 4. The van der Waals surface area contributed by atoms with Crippen molar-refractivity contribution in [3.63, 3.8) is 0 Å². The molecule has 4 heteroatoms. The second-order valence-electron chi connectivity index (χ2n) is 6.80. The summed E-state index contributed by atoms with van der Waals surface area (Å²) in [7, 11) is 0. The van der Waals surface area contributed by atoms with Gasteiger partial charge in [0, 0.05) is 5.92 Å². The smallest absolute Gasteiger partial charge is 0.231 e. The van der Waals surface area contributed by atoms with Gasteiger partial charge in [0.25, 0.3) is 0 Å². The molecule has 0 saturated heterocycles. The molecule has 5 rings (SSSR count). The van der Waals surface area contributed by atoms with Gasteiger partial charge in [-0.15, -0.1) is 0 Å². The van der Waals surface area contributed by atoms with Crippen molar-refractivity contribution in [2.45, 2.75) is 32.1 Å². The van der Waals surface area contributed by atoms with Gasteiger partial charge in [-0.25, -0.2) is 0 Å². The topological polar surface area (TPSA) is 36.9 Å². The Morgan fingerprint density at radius 3 is 2.17 bits per heavy atom. The van der Waals surface area contributed by atoms with Crippen molar-refractivity contribution in [1.82, 2.24) is 0 Å². The van der Waals surface area contributed by atoms with Crippen LogP contribution in [0.5, 0.6) is 23.0 Å². The molecule has 24 heavy (non-hydrogen) atoms. The summed E-state index contributed by atoms with van der Waals surface area (Å²) in [5.41, 5.74) is 4.04. The summed E-state index contributed by atoms with van der Waals surface area (Å²) in [6, 6.07) is 10.7. The van der Waals surface area contributed by atoms with E-state index < -0.39 is 0 Å². The molecule has 0 aromatic heterocycles. The van der Waals surface area contributed by atoms with Crippen molar-refractivity contribution in [3.8, 4) is 23.0 Å². The quantitative estimate of drug-likeness (QED) is 0.819. The summed E-state index contributed by atoms with van der Waals surface area (Å²) in [6.07, 6.45) is 1.12. The van der Waals surface area contributed by atoms with Crippen molar-refractivity contribution in [2.24, 2.45) is 5.92 Å². The number of hydrogen-bond acceptors (Lipinski definition) is 4. The molecule has 0 spiro atoms. The van der Waals surface area contributed by atoms with E-state index in [1.54, 1.807) is 0 Å². The summed E-state index contributed by atoms with van der Waals surface area (Å²) in [6.45, 7) is 5.24. The Hall–Kier alpha value is -2.36. The van der Waals surface area contributed by atoms with Crippen molar-refractivity contribution >= 4 is 0 Å². The maximum absolute atomic E-state index is 5.62. The molecule has 0 amide bonds. The molecule has 1 aliphatic carbocycles. The Labute approximate surface area is 141 Å². The van der Waals surface area contributed by atoms with Crippen LogP contribution in [0.1, 0.15) is 48.8 Å². The molecular weight excluding hydrogens is 304 g/mol. The summed E-state index contributed by atoms with van der Waals surface area (Å²) >= 11 is 0. The van der Waals surface area contributed by atoms with Crippen LogP contribution in [0.4, 0.5) is 0 Å². The van der Waals surface area contributed by atoms with Crippen LogP contribution in [0.25, 0.3) is 0 Å². The maximum Gasteiger partial charge on any atom is 0.231 e. The van der Waals surface area contributed by atoms with E-state index in [4.69, 9.17) is 18.9 Å². The molecule has 3 unspecified atom stereocenters. The lowest BCUT2D eigenvalue weighted by Crippen LogP contribution is -2.09. The zero-order valence-electron chi connectivity index (χ0n) is 13.9. The van der Waals surface area contributed by atoms with Crippen LogP contribution in [0.15, 0.2) is 30.3 Å². The molecule has 124 valence electrons. The van der Waals surface area contributed by atoms with Gasteiger partial charge in [0.05, 0.1) is 0 Å². The molecule has 0 N–H and O–H groups in total. The first kappa shape index (κ1) is 14.0. The first-order valence-electron chi connectivity index (χ1n) is 8.59. The van der Waals surface area contributed by atoms with E-state index in [0.29, 0.717) is 31.3 Å². The van der Waals surface area contributed by atoms with Crippen LogP contribution >= 0.6 is 0 Å². The Bertz CT molecular complexity index is 814. The largest absolute Gasteiger partial charge is 0.454 e. The lowest BCUT2D eigenvalue weighted by atomic mass is 9.83. The highest BCUT2D eigenvalue weighted by Crippen LogP contribution is 2.54. The zero-order chi connectivity index (χ0) is 16.3. The normalized spacial score (nSPS) is 25.8. The highest BCUT2D eigenvalue weighted by atomic mass is 16.7. The molecule has 3 atom stereocenters. The van der Waals surface area contributed by atoms with Crippen LogP contribution < -0.4 is 18.9 Å². The van der Waals surface area contributed by atoms with Gasteiger partial charge in [0.2, 0.25) is 13.6 Å². The van der Waals surface area contributed by atoms with Gasteiger partial charge in [-0.1, -0.05) is 19.9 Å². The van der Waals surface area contributed by atoms with Crippen molar-refractivity contribution in [2.75, 3.05) is 13.6 Å². The number of fused-ring (bicyclic) bond motifs is 3. The molecule has 2 heterocycles. The first-order valence-corrected chi connectivity index (χ1v) is 8.59. The van der Waals surface area contributed by atoms with Gasteiger partial charge in [0.15, 0.2) is 23.0 Å². The third kappa shape index (κ3) is 1.86. The molecular formula is C20H20O4. The van der Waals surface area contributed by atoms with Gasteiger partial charge in [0.1, 0.15) is 0 Å². The zero-order valence-corrected chi connectivity index (χ0v) is 13.9. The molecule has 2 aromatic rings. The summed E-state index contributed by atoms with van der Waals surface area (Å²) in [4.78, 5) is 0. The Morgan fingerprint density at radius 1 is 0.833 bits per heavy atom. The lowest BCUT2D eigenvalue weighted by molar-refractivity contribution is 0.173. The molecule has 0 bridgehead atoms. The minimum Gasteiger partial charge on any atom is -0.454 e. The predicted octanol–water partition coefficient (Wildman–Crippen LogP) is 4.42. The van der Waals surface area contributed by atoms with Gasteiger partial charge < -0.3 is 18.9 Å². The third-order valence-corrected chi connectivity index (χ3v) is 5.67. The Kier molecular flexibility index (Phi) is 2.96. The Morgan fingerprint density at radius 2 is 1.46 bits per heavy atom. The second kappa shape index (κ2) is 5.07. The molecule has 0 radical (unpaired) electrons. The average Bonchev–Trinajstić information content (AvgIpc) is 3.28.